The lowest BCUT2D eigenvalue weighted by Crippen LogP contribution is -2.29. The molecular weight excluding hydrogens is 331 g/mol. The van der Waals surface area contributed by atoms with E-state index in [-0.39, 0.29) is 12.5 Å². The predicted octanol–water partition coefficient (Wildman–Crippen LogP) is 4.38. The maximum atomic E-state index is 11.9. The van der Waals surface area contributed by atoms with Gasteiger partial charge >= 0.3 is 0 Å². The van der Waals surface area contributed by atoms with Gasteiger partial charge in [0, 0.05) is 15.7 Å². The van der Waals surface area contributed by atoms with Crippen LogP contribution in [0.2, 0.25) is 10.0 Å². The average molecular weight is 351 g/mol. The minimum absolute atomic E-state index is 0.0598. The van der Waals surface area contributed by atoms with Gasteiger partial charge in [-0.3, -0.25) is 4.79 Å². The molecule has 23 heavy (non-hydrogen) atoms. The van der Waals surface area contributed by atoms with Gasteiger partial charge in [0.15, 0.2) is 0 Å². The van der Waals surface area contributed by atoms with E-state index in [9.17, 15) is 4.79 Å². The van der Waals surface area contributed by atoms with Crippen LogP contribution >= 0.6 is 23.2 Å². The maximum Gasteiger partial charge on any atom is 0.238 e. The Labute approximate surface area is 147 Å². The third kappa shape index (κ3) is 5.54. The second-order valence-electron chi connectivity index (χ2n) is 5.51. The van der Waals surface area contributed by atoms with E-state index in [1.807, 2.05) is 44.2 Å². The van der Waals surface area contributed by atoms with Crippen LogP contribution in [-0.4, -0.2) is 19.0 Å². The molecule has 122 valence electrons. The molecule has 0 unspecified atom stereocenters. The van der Waals surface area contributed by atoms with Crippen molar-refractivity contribution in [2.75, 3.05) is 18.4 Å². The first kappa shape index (κ1) is 17.8. The number of nitrogens with one attached hydrogen (secondary N) is 2. The SMILES string of the molecule is Cc1ccc(NC(=O)CNCCc2ccc(Cl)cc2Cl)cc1C. The highest BCUT2D eigenvalue weighted by atomic mass is 35.5. The van der Waals surface area contributed by atoms with Gasteiger partial charge in [0.1, 0.15) is 0 Å². The van der Waals surface area contributed by atoms with Crippen molar-refractivity contribution in [2.45, 2.75) is 20.3 Å². The van der Waals surface area contributed by atoms with Crippen molar-refractivity contribution in [1.29, 1.82) is 0 Å². The van der Waals surface area contributed by atoms with Gasteiger partial charge in [-0.25, -0.2) is 0 Å². The van der Waals surface area contributed by atoms with Gasteiger partial charge in [-0.15, -0.1) is 0 Å². The van der Waals surface area contributed by atoms with Crippen LogP contribution in [-0.2, 0) is 11.2 Å². The zero-order chi connectivity index (χ0) is 16.8. The molecule has 0 saturated heterocycles. The van der Waals surface area contributed by atoms with Crippen molar-refractivity contribution < 1.29 is 4.79 Å². The normalized spacial score (nSPS) is 10.6. The molecule has 0 bridgehead atoms. The van der Waals surface area contributed by atoms with Crippen molar-refractivity contribution in [1.82, 2.24) is 5.32 Å². The Bertz CT molecular complexity index is 701. The number of amides is 1. The van der Waals surface area contributed by atoms with Crippen LogP contribution in [0, 0.1) is 13.8 Å². The topological polar surface area (TPSA) is 41.1 Å². The minimum atomic E-state index is -0.0598. The fourth-order valence-corrected chi connectivity index (χ4v) is 2.68. The molecule has 0 heterocycles. The monoisotopic (exact) mass is 350 g/mol. The first-order chi connectivity index (χ1) is 11.0. The number of hydrogen-bond donors (Lipinski definition) is 2. The highest BCUT2D eigenvalue weighted by Gasteiger charge is 2.04. The van der Waals surface area contributed by atoms with Crippen LogP contribution in [0.25, 0.3) is 0 Å². The molecule has 0 saturated carbocycles. The summed E-state index contributed by atoms with van der Waals surface area (Å²) in [5.41, 5.74) is 4.20. The summed E-state index contributed by atoms with van der Waals surface area (Å²) in [6, 6.07) is 11.3. The smallest absolute Gasteiger partial charge is 0.238 e. The molecule has 2 aromatic rings. The van der Waals surface area contributed by atoms with Crippen LogP contribution < -0.4 is 10.6 Å². The number of anilines is 1. The molecule has 0 aliphatic heterocycles. The van der Waals surface area contributed by atoms with Crippen molar-refractivity contribution in [3.63, 3.8) is 0 Å². The number of rotatable bonds is 6. The molecule has 2 N–H and O–H groups in total. The molecule has 0 radical (unpaired) electrons. The second kappa shape index (κ2) is 8.34. The van der Waals surface area contributed by atoms with E-state index in [0.717, 1.165) is 23.2 Å². The van der Waals surface area contributed by atoms with Crippen LogP contribution in [0.15, 0.2) is 36.4 Å². The number of aryl methyl sites for hydroxylation is 2. The maximum absolute atomic E-state index is 11.9. The van der Waals surface area contributed by atoms with E-state index in [4.69, 9.17) is 23.2 Å². The Hall–Kier alpha value is -1.55. The molecule has 2 rings (SSSR count). The quantitative estimate of drug-likeness (QED) is 0.759. The van der Waals surface area contributed by atoms with Gasteiger partial charge in [-0.1, -0.05) is 35.3 Å². The molecule has 0 fully saturated rings. The van der Waals surface area contributed by atoms with E-state index in [2.05, 4.69) is 10.6 Å². The Morgan fingerprint density at radius 2 is 1.83 bits per heavy atom. The molecule has 0 atom stereocenters. The third-order valence-corrected chi connectivity index (χ3v) is 4.25. The lowest BCUT2D eigenvalue weighted by Gasteiger charge is -2.09. The van der Waals surface area contributed by atoms with Gasteiger partial charge in [-0.2, -0.15) is 0 Å². The van der Waals surface area contributed by atoms with Crippen molar-refractivity contribution in [3.8, 4) is 0 Å². The van der Waals surface area contributed by atoms with Crippen LogP contribution in [0.1, 0.15) is 16.7 Å². The molecule has 2 aromatic carbocycles. The van der Waals surface area contributed by atoms with Crippen molar-refractivity contribution in [2.24, 2.45) is 0 Å². The summed E-state index contributed by atoms with van der Waals surface area (Å²) < 4.78 is 0. The van der Waals surface area contributed by atoms with E-state index in [1.54, 1.807) is 6.07 Å². The zero-order valence-corrected chi connectivity index (χ0v) is 14.8. The summed E-state index contributed by atoms with van der Waals surface area (Å²) in [7, 11) is 0. The molecule has 0 aromatic heterocycles. The van der Waals surface area contributed by atoms with E-state index >= 15 is 0 Å². The minimum Gasteiger partial charge on any atom is -0.325 e. The first-order valence-corrected chi connectivity index (χ1v) is 8.23. The van der Waals surface area contributed by atoms with Gasteiger partial charge in [0.05, 0.1) is 6.54 Å². The molecule has 5 heteroatoms. The van der Waals surface area contributed by atoms with Gasteiger partial charge in [-0.05, 0) is 67.8 Å². The zero-order valence-electron chi connectivity index (χ0n) is 13.2. The number of halogens is 2. The number of carbonyl (C=O) groups excluding carboxylic acids is 1. The van der Waals surface area contributed by atoms with Crippen LogP contribution in [0.5, 0.6) is 0 Å². The number of carbonyl (C=O) groups is 1. The number of benzene rings is 2. The summed E-state index contributed by atoms with van der Waals surface area (Å²) in [5.74, 6) is -0.0598. The predicted molar refractivity (Wildman–Crippen MR) is 97.6 cm³/mol. The fraction of sp³-hybridized carbons (Fsp3) is 0.278. The highest BCUT2D eigenvalue weighted by Crippen LogP contribution is 2.21. The summed E-state index contributed by atoms with van der Waals surface area (Å²) in [5, 5.41) is 7.28. The standard InChI is InChI=1S/C18H20Cl2N2O/c1-12-3-6-16(9-13(12)2)22-18(23)11-21-8-7-14-4-5-15(19)10-17(14)20/h3-6,9-10,21H,7-8,11H2,1-2H3,(H,22,23). The van der Waals surface area contributed by atoms with Crippen molar-refractivity contribution >= 4 is 34.8 Å². The van der Waals surface area contributed by atoms with Gasteiger partial charge in [0.2, 0.25) is 5.91 Å². The molecule has 0 spiro atoms. The summed E-state index contributed by atoms with van der Waals surface area (Å²) in [6.45, 7) is 5.00. The van der Waals surface area contributed by atoms with Crippen LogP contribution in [0.3, 0.4) is 0 Å². The van der Waals surface area contributed by atoms with E-state index in [0.29, 0.717) is 16.6 Å². The van der Waals surface area contributed by atoms with Crippen molar-refractivity contribution in [3.05, 3.63) is 63.1 Å². The second-order valence-corrected chi connectivity index (χ2v) is 6.35. The van der Waals surface area contributed by atoms with E-state index < -0.39 is 0 Å². The Balaban J connectivity index is 1.75. The summed E-state index contributed by atoms with van der Waals surface area (Å²) in [6.07, 6.45) is 0.743. The Morgan fingerprint density at radius 1 is 1.04 bits per heavy atom. The molecule has 0 aliphatic carbocycles. The third-order valence-electron chi connectivity index (χ3n) is 3.66. The van der Waals surface area contributed by atoms with Gasteiger partial charge < -0.3 is 10.6 Å². The first-order valence-electron chi connectivity index (χ1n) is 7.47. The van der Waals surface area contributed by atoms with Gasteiger partial charge in [0.25, 0.3) is 0 Å². The largest absolute Gasteiger partial charge is 0.325 e. The lowest BCUT2D eigenvalue weighted by atomic mass is 10.1. The summed E-state index contributed by atoms with van der Waals surface area (Å²) in [4.78, 5) is 11.9. The van der Waals surface area contributed by atoms with E-state index in [1.165, 1.54) is 5.56 Å². The van der Waals surface area contributed by atoms with Crippen LogP contribution in [0.4, 0.5) is 5.69 Å². The lowest BCUT2D eigenvalue weighted by molar-refractivity contribution is -0.115. The molecular formula is C18H20Cl2N2O. The fourth-order valence-electron chi connectivity index (χ4n) is 2.17. The highest BCUT2D eigenvalue weighted by molar-refractivity contribution is 6.35. The molecule has 3 nitrogen and oxygen atoms in total. The molecule has 1 amide bonds. The number of hydrogen-bond acceptors (Lipinski definition) is 2. The average Bonchev–Trinajstić information content (AvgIpc) is 2.49. The Morgan fingerprint density at radius 3 is 2.52 bits per heavy atom. The Kier molecular flexibility index (Phi) is 6.46. The molecule has 0 aliphatic rings. The summed E-state index contributed by atoms with van der Waals surface area (Å²) >= 11 is 12.0.